The van der Waals surface area contributed by atoms with Crippen LogP contribution < -0.4 is 10.6 Å². The Kier molecular flexibility index (Phi) is 4.77. The fraction of sp³-hybridized carbons (Fsp3) is 0.350. The van der Waals surface area contributed by atoms with Crippen LogP contribution in [0.25, 0.3) is 0 Å². The van der Waals surface area contributed by atoms with Crippen molar-refractivity contribution in [3.63, 3.8) is 0 Å². The summed E-state index contributed by atoms with van der Waals surface area (Å²) in [5.74, 6) is 0.430. The first-order chi connectivity index (χ1) is 13.2. The van der Waals surface area contributed by atoms with E-state index in [2.05, 4.69) is 22.5 Å². The highest BCUT2D eigenvalue weighted by atomic mass is 16.5. The van der Waals surface area contributed by atoms with Gasteiger partial charge in [-0.05, 0) is 30.7 Å². The minimum absolute atomic E-state index is 0.0256. The third kappa shape index (κ3) is 3.26. The molecule has 1 saturated heterocycles. The summed E-state index contributed by atoms with van der Waals surface area (Å²) in [4.78, 5) is 31.1. The van der Waals surface area contributed by atoms with Crippen LogP contribution in [0.1, 0.15) is 48.3 Å². The maximum Gasteiger partial charge on any atom is 0.324 e. The zero-order chi connectivity index (χ0) is 18.8. The first kappa shape index (κ1) is 17.5. The Bertz CT molecular complexity index is 856. The van der Waals surface area contributed by atoms with E-state index < -0.39 is 12.3 Å². The number of nitrogens with one attached hydrogen (secondary N) is 2. The summed E-state index contributed by atoms with van der Waals surface area (Å²) in [6.07, 6.45) is 4.24. The third-order valence-corrected chi connectivity index (χ3v) is 4.96. The number of urea groups is 1. The molecule has 3 heterocycles. The summed E-state index contributed by atoms with van der Waals surface area (Å²) in [5.41, 5.74) is 1.91. The molecule has 27 heavy (non-hydrogen) atoms. The number of unbranched alkanes of at least 4 members (excludes halogenated alkanes) is 1. The predicted octanol–water partition coefficient (Wildman–Crippen LogP) is 3.77. The number of carbonyl (C=O) groups is 2. The molecular formula is C20H22N4O3. The van der Waals surface area contributed by atoms with E-state index >= 15 is 0 Å². The van der Waals surface area contributed by atoms with Crippen molar-refractivity contribution in [1.29, 1.82) is 0 Å². The zero-order valence-electron chi connectivity index (χ0n) is 15.1. The van der Waals surface area contributed by atoms with Crippen molar-refractivity contribution in [2.45, 2.75) is 38.5 Å². The standard InChI is InChI=1S/C20H22N4O3/c1-2-3-7-13-12-27-19-17-14(18(25)24(13)19)8-6-9-15(17)22-20(26)23-16-10-4-5-11-21-16/h4-6,8-11,13,19H,2-3,7,12H2,1H3,(H2,21,22,23,26). The number of hydrogen-bond acceptors (Lipinski definition) is 4. The second-order valence-corrected chi connectivity index (χ2v) is 6.76. The number of pyridine rings is 1. The lowest BCUT2D eigenvalue weighted by Crippen LogP contribution is -2.33. The molecule has 1 aromatic carbocycles. The maximum absolute atomic E-state index is 12.9. The second kappa shape index (κ2) is 7.36. The SMILES string of the molecule is CCCCC1COC2c3c(NC(=O)Nc4ccccn4)cccc3C(=O)N12. The normalized spacial score (nSPS) is 20.3. The summed E-state index contributed by atoms with van der Waals surface area (Å²) in [7, 11) is 0. The summed E-state index contributed by atoms with van der Waals surface area (Å²) in [6, 6.07) is 10.3. The molecule has 1 aromatic heterocycles. The number of carbonyl (C=O) groups excluding carboxylic acids is 2. The Labute approximate surface area is 157 Å². The summed E-state index contributed by atoms with van der Waals surface area (Å²) in [5, 5.41) is 5.52. The average molecular weight is 366 g/mol. The van der Waals surface area contributed by atoms with Crippen molar-refractivity contribution in [3.05, 3.63) is 53.7 Å². The Morgan fingerprint density at radius 1 is 1.26 bits per heavy atom. The molecule has 4 rings (SSSR count). The van der Waals surface area contributed by atoms with E-state index in [9.17, 15) is 9.59 Å². The van der Waals surface area contributed by atoms with Gasteiger partial charge in [0.15, 0.2) is 6.23 Å². The van der Waals surface area contributed by atoms with E-state index in [4.69, 9.17) is 4.74 Å². The first-order valence-corrected chi connectivity index (χ1v) is 9.25. The lowest BCUT2D eigenvalue weighted by Gasteiger charge is -2.22. The number of hydrogen-bond donors (Lipinski definition) is 2. The number of fused-ring (bicyclic) bond motifs is 3. The van der Waals surface area contributed by atoms with Crippen molar-refractivity contribution in [3.8, 4) is 0 Å². The molecule has 2 aliphatic heterocycles. The van der Waals surface area contributed by atoms with Crippen LogP contribution in [0.2, 0.25) is 0 Å². The molecule has 2 unspecified atom stereocenters. The van der Waals surface area contributed by atoms with Crippen molar-refractivity contribution in [2.75, 3.05) is 17.2 Å². The van der Waals surface area contributed by atoms with Gasteiger partial charge in [0, 0.05) is 17.3 Å². The molecule has 3 amide bonds. The molecular weight excluding hydrogens is 344 g/mol. The highest BCUT2D eigenvalue weighted by molar-refractivity contribution is 6.05. The molecule has 7 heteroatoms. The molecule has 1 fully saturated rings. The number of benzene rings is 1. The van der Waals surface area contributed by atoms with Crippen LogP contribution in [-0.2, 0) is 4.74 Å². The quantitative estimate of drug-likeness (QED) is 0.844. The molecule has 140 valence electrons. The van der Waals surface area contributed by atoms with Crippen molar-refractivity contribution in [1.82, 2.24) is 9.88 Å². The molecule has 7 nitrogen and oxygen atoms in total. The lowest BCUT2D eigenvalue weighted by molar-refractivity contribution is 0.0353. The van der Waals surface area contributed by atoms with Gasteiger partial charge in [0.2, 0.25) is 0 Å². The van der Waals surface area contributed by atoms with Gasteiger partial charge < -0.3 is 15.0 Å². The summed E-state index contributed by atoms with van der Waals surface area (Å²) < 4.78 is 5.95. The van der Waals surface area contributed by atoms with Gasteiger partial charge in [-0.15, -0.1) is 0 Å². The van der Waals surface area contributed by atoms with Crippen molar-refractivity contribution >= 4 is 23.4 Å². The largest absolute Gasteiger partial charge is 0.352 e. The van der Waals surface area contributed by atoms with Crippen LogP contribution in [0.4, 0.5) is 16.3 Å². The van der Waals surface area contributed by atoms with Gasteiger partial charge in [0.05, 0.1) is 18.3 Å². The average Bonchev–Trinajstić information content (AvgIpc) is 3.21. The lowest BCUT2D eigenvalue weighted by atomic mass is 10.1. The van der Waals surface area contributed by atoms with E-state index in [-0.39, 0.29) is 11.9 Å². The van der Waals surface area contributed by atoms with Crippen LogP contribution in [0.5, 0.6) is 0 Å². The summed E-state index contributed by atoms with van der Waals surface area (Å²) in [6.45, 7) is 2.67. The van der Waals surface area contributed by atoms with E-state index in [0.717, 1.165) is 24.8 Å². The first-order valence-electron chi connectivity index (χ1n) is 9.25. The highest BCUT2D eigenvalue weighted by Crippen LogP contribution is 2.44. The monoisotopic (exact) mass is 366 g/mol. The van der Waals surface area contributed by atoms with Gasteiger partial charge in [-0.1, -0.05) is 31.9 Å². The molecule has 2 aliphatic rings. The number of amides is 3. The molecule has 2 N–H and O–H groups in total. The van der Waals surface area contributed by atoms with Gasteiger partial charge in [-0.2, -0.15) is 0 Å². The fourth-order valence-electron chi connectivity index (χ4n) is 3.68. The van der Waals surface area contributed by atoms with Crippen molar-refractivity contribution in [2.24, 2.45) is 0 Å². The Morgan fingerprint density at radius 2 is 2.15 bits per heavy atom. The number of nitrogens with zero attached hydrogens (tertiary/aromatic N) is 2. The van der Waals surface area contributed by atoms with E-state index in [1.165, 1.54) is 0 Å². The summed E-state index contributed by atoms with van der Waals surface area (Å²) >= 11 is 0. The zero-order valence-corrected chi connectivity index (χ0v) is 15.1. The molecule has 2 atom stereocenters. The van der Waals surface area contributed by atoms with Gasteiger partial charge in [0.1, 0.15) is 5.82 Å². The maximum atomic E-state index is 12.9. The minimum atomic E-state index is -0.430. The van der Waals surface area contributed by atoms with Crippen LogP contribution in [0.15, 0.2) is 42.6 Å². The Morgan fingerprint density at radius 3 is 2.93 bits per heavy atom. The van der Waals surface area contributed by atoms with Crippen molar-refractivity contribution < 1.29 is 14.3 Å². The van der Waals surface area contributed by atoms with E-state index in [1.807, 2.05) is 4.90 Å². The predicted molar refractivity (Wildman–Crippen MR) is 101 cm³/mol. The topological polar surface area (TPSA) is 83.6 Å². The smallest absolute Gasteiger partial charge is 0.324 e. The van der Waals surface area contributed by atoms with Gasteiger partial charge in [-0.25, -0.2) is 9.78 Å². The van der Waals surface area contributed by atoms with Crippen LogP contribution in [0.3, 0.4) is 0 Å². The molecule has 0 spiro atoms. The van der Waals surface area contributed by atoms with Crippen LogP contribution in [0, 0.1) is 0 Å². The second-order valence-electron chi connectivity index (χ2n) is 6.76. The Hall–Kier alpha value is -2.93. The molecule has 0 bridgehead atoms. The number of aromatic nitrogens is 1. The number of ether oxygens (including phenoxy) is 1. The molecule has 0 aliphatic carbocycles. The minimum Gasteiger partial charge on any atom is -0.352 e. The molecule has 0 radical (unpaired) electrons. The highest BCUT2D eigenvalue weighted by Gasteiger charge is 2.47. The van der Waals surface area contributed by atoms with Crippen LogP contribution in [-0.4, -0.2) is 34.5 Å². The third-order valence-electron chi connectivity index (χ3n) is 4.96. The molecule has 0 saturated carbocycles. The number of anilines is 2. The molecule has 2 aromatic rings. The van der Waals surface area contributed by atoms with Gasteiger partial charge >= 0.3 is 6.03 Å². The fourth-order valence-corrected chi connectivity index (χ4v) is 3.68. The van der Waals surface area contributed by atoms with Crippen LogP contribution >= 0.6 is 0 Å². The van der Waals surface area contributed by atoms with E-state index in [1.54, 1.807) is 42.6 Å². The number of rotatable bonds is 5. The van der Waals surface area contributed by atoms with Gasteiger partial charge in [0.25, 0.3) is 5.91 Å². The van der Waals surface area contributed by atoms with Gasteiger partial charge in [-0.3, -0.25) is 10.1 Å². The van der Waals surface area contributed by atoms with E-state index in [0.29, 0.717) is 23.7 Å². The Balaban J connectivity index is 1.55.